The fraction of sp³-hybridized carbons (Fsp3) is 0.353. The number of hydrogen-bond donors (Lipinski definition) is 1. The summed E-state index contributed by atoms with van der Waals surface area (Å²) in [6.45, 7) is 1.41. The molecule has 3 aromatic rings. The predicted molar refractivity (Wildman–Crippen MR) is 91.1 cm³/mol. The van der Waals surface area contributed by atoms with E-state index in [4.69, 9.17) is 0 Å². The molecule has 1 atom stereocenters. The van der Waals surface area contributed by atoms with Gasteiger partial charge in [0.2, 0.25) is 0 Å². The lowest BCUT2D eigenvalue weighted by molar-refractivity contribution is -0.146. The van der Waals surface area contributed by atoms with Crippen LogP contribution in [0.25, 0.3) is 5.65 Å². The average Bonchev–Trinajstić information content (AvgIpc) is 3.06. The standard InChI is InChI=1S/C17H17F3N6/c18-17(19,20)16-23-22-14-8-9-15(24-26(14)16)25-10-4-7-13(11-25)21-12-5-2-1-3-6-12/h1-3,5-6,8-9,13,21H,4,7,10-11H2. The van der Waals surface area contributed by atoms with Gasteiger partial charge in [0.1, 0.15) is 5.82 Å². The molecule has 0 radical (unpaired) electrons. The number of fused-ring (bicyclic) bond motifs is 1. The van der Waals surface area contributed by atoms with Crippen LogP contribution in [0.1, 0.15) is 18.7 Å². The molecule has 136 valence electrons. The molecule has 0 amide bonds. The Morgan fingerprint density at radius 3 is 2.62 bits per heavy atom. The van der Waals surface area contributed by atoms with E-state index in [2.05, 4.69) is 20.6 Å². The number of halogens is 3. The molecular weight excluding hydrogens is 345 g/mol. The summed E-state index contributed by atoms with van der Waals surface area (Å²) in [4.78, 5) is 1.99. The van der Waals surface area contributed by atoms with Crippen molar-refractivity contribution in [1.82, 2.24) is 19.8 Å². The molecule has 0 aliphatic carbocycles. The SMILES string of the molecule is FC(F)(F)c1nnc2ccc(N3CCCC(Nc4ccccc4)C3)nn12. The summed E-state index contributed by atoms with van der Waals surface area (Å²) < 4.78 is 39.9. The number of rotatable bonds is 3. The Hall–Kier alpha value is -2.84. The van der Waals surface area contributed by atoms with Crippen LogP contribution in [0.15, 0.2) is 42.5 Å². The van der Waals surface area contributed by atoms with Crippen LogP contribution in [0.3, 0.4) is 0 Å². The maximum Gasteiger partial charge on any atom is 0.453 e. The van der Waals surface area contributed by atoms with Gasteiger partial charge in [-0.25, -0.2) is 0 Å². The fourth-order valence-electron chi connectivity index (χ4n) is 3.20. The summed E-state index contributed by atoms with van der Waals surface area (Å²) in [6.07, 6.45) is -2.67. The van der Waals surface area contributed by atoms with Crippen LogP contribution in [0.4, 0.5) is 24.7 Å². The Morgan fingerprint density at radius 1 is 1.04 bits per heavy atom. The molecule has 1 saturated heterocycles. The molecule has 0 spiro atoms. The lowest BCUT2D eigenvalue weighted by Gasteiger charge is -2.34. The van der Waals surface area contributed by atoms with Crippen molar-refractivity contribution in [3.63, 3.8) is 0 Å². The topological polar surface area (TPSA) is 58.4 Å². The minimum atomic E-state index is -4.59. The van der Waals surface area contributed by atoms with Crippen LogP contribution in [0, 0.1) is 0 Å². The van der Waals surface area contributed by atoms with E-state index in [1.807, 2.05) is 35.2 Å². The van der Waals surface area contributed by atoms with Gasteiger partial charge in [-0.15, -0.1) is 15.3 Å². The normalized spacial score (nSPS) is 18.3. The first kappa shape index (κ1) is 16.6. The number of piperidine rings is 1. The van der Waals surface area contributed by atoms with Gasteiger partial charge in [0.15, 0.2) is 5.65 Å². The maximum atomic E-state index is 13.0. The van der Waals surface area contributed by atoms with Gasteiger partial charge >= 0.3 is 6.18 Å². The summed E-state index contributed by atoms with van der Waals surface area (Å²) in [6, 6.07) is 13.3. The maximum absolute atomic E-state index is 13.0. The summed E-state index contributed by atoms with van der Waals surface area (Å²) in [5.74, 6) is -0.618. The smallest absolute Gasteiger partial charge is 0.381 e. The Bertz CT molecular complexity index is 892. The molecule has 1 unspecified atom stereocenters. The fourth-order valence-corrected chi connectivity index (χ4v) is 3.20. The number of anilines is 2. The second kappa shape index (κ2) is 6.47. The van der Waals surface area contributed by atoms with Gasteiger partial charge in [-0.2, -0.15) is 17.7 Å². The van der Waals surface area contributed by atoms with Crippen molar-refractivity contribution in [2.45, 2.75) is 25.1 Å². The first-order valence-electron chi connectivity index (χ1n) is 8.37. The zero-order valence-corrected chi connectivity index (χ0v) is 13.8. The van der Waals surface area contributed by atoms with Crippen molar-refractivity contribution in [2.24, 2.45) is 0 Å². The molecule has 2 aromatic heterocycles. The lowest BCUT2D eigenvalue weighted by atomic mass is 10.1. The highest BCUT2D eigenvalue weighted by molar-refractivity contribution is 5.48. The van der Waals surface area contributed by atoms with Crippen molar-refractivity contribution in [3.8, 4) is 0 Å². The van der Waals surface area contributed by atoms with Gasteiger partial charge < -0.3 is 10.2 Å². The van der Waals surface area contributed by atoms with Crippen molar-refractivity contribution < 1.29 is 13.2 Å². The van der Waals surface area contributed by atoms with E-state index in [1.54, 1.807) is 6.07 Å². The van der Waals surface area contributed by atoms with Gasteiger partial charge in [-0.1, -0.05) is 18.2 Å². The van der Waals surface area contributed by atoms with Crippen molar-refractivity contribution in [3.05, 3.63) is 48.3 Å². The van der Waals surface area contributed by atoms with E-state index in [-0.39, 0.29) is 11.7 Å². The number of alkyl halides is 3. The van der Waals surface area contributed by atoms with Crippen LogP contribution in [-0.4, -0.2) is 38.9 Å². The molecule has 9 heteroatoms. The third-order valence-electron chi connectivity index (χ3n) is 4.39. The lowest BCUT2D eigenvalue weighted by Crippen LogP contribution is -2.42. The molecule has 1 N–H and O–H groups in total. The molecular formula is C17H17F3N6. The minimum Gasteiger partial charge on any atom is -0.381 e. The van der Waals surface area contributed by atoms with Crippen molar-refractivity contribution >= 4 is 17.2 Å². The molecule has 0 bridgehead atoms. The molecule has 1 fully saturated rings. The van der Waals surface area contributed by atoms with Gasteiger partial charge in [-0.3, -0.25) is 0 Å². The molecule has 3 heterocycles. The summed E-state index contributed by atoms with van der Waals surface area (Å²) in [7, 11) is 0. The van der Waals surface area contributed by atoms with E-state index in [0.717, 1.165) is 29.6 Å². The number of aromatic nitrogens is 4. The van der Waals surface area contributed by atoms with Gasteiger partial charge in [0, 0.05) is 24.8 Å². The van der Waals surface area contributed by atoms with Crippen molar-refractivity contribution in [2.75, 3.05) is 23.3 Å². The molecule has 0 saturated carbocycles. The largest absolute Gasteiger partial charge is 0.453 e. The monoisotopic (exact) mass is 362 g/mol. The minimum absolute atomic E-state index is 0.0806. The zero-order chi connectivity index (χ0) is 18.1. The number of para-hydroxylation sites is 1. The first-order valence-corrected chi connectivity index (χ1v) is 8.37. The average molecular weight is 362 g/mol. The van der Waals surface area contributed by atoms with E-state index < -0.39 is 12.0 Å². The van der Waals surface area contributed by atoms with E-state index in [0.29, 0.717) is 12.4 Å². The number of hydrogen-bond acceptors (Lipinski definition) is 5. The Kier molecular flexibility index (Phi) is 4.14. The van der Waals surface area contributed by atoms with Gasteiger partial charge in [0.05, 0.1) is 0 Å². The number of nitrogens with one attached hydrogen (secondary N) is 1. The highest BCUT2D eigenvalue weighted by Crippen LogP contribution is 2.28. The second-order valence-electron chi connectivity index (χ2n) is 6.28. The second-order valence-corrected chi connectivity index (χ2v) is 6.28. The van der Waals surface area contributed by atoms with E-state index >= 15 is 0 Å². The Morgan fingerprint density at radius 2 is 1.85 bits per heavy atom. The van der Waals surface area contributed by atoms with Crippen LogP contribution in [0.2, 0.25) is 0 Å². The van der Waals surface area contributed by atoms with E-state index in [9.17, 15) is 13.2 Å². The number of nitrogens with zero attached hydrogens (tertiary/aromatic N) is 5. The summed E-state index contributed by atoms with van der Waals surface area (Å²) in [5.41, 5.74) is 1.11. The van der Waals surface area contributed by atoms with Gasteiger partial charge in [0.25, 0.3) is 5.82 Å². The van der Waals surface area contributed by atoms with Crippen LogP contribution in [0.5, 0.6) is 0 Å². The molecule has 1 aliphatic rings. The molecule has 26 heavy (non-hydrogen) atoms. The van der Waals surface area contributed by atoms with Crippen LogP contribution in [-0.2, 0) is 6.18 Å². The predicted octanol–water partition coefficient (Wildman–Crippen LogP) is 3.22. The van der Waals surface area contributed by atoms with Crippen LogP contribution >= 0.6 is 0 Å². The van der Waals surface area contributed by atoms with E-state index in [1.165, 1.54) is 6.07 Å². The third kappa shape index (κ3) is 3.29. The Labute approximate surface area is 147 Å². The summed E-state index contributed by atoms with van der Waals surface area (Å²) in [5, 5.41) is 14.4. The van der Waals surface area contributed by atoms with Gasteiger partial charge in [-0.05, 0) is 37.1 Å². The number of benzene rings is 1. The summed E-state index contributed by atoms with van der Waals surface area (Å²) >= 11 is 0. The highest BCUT2D eigenvalue weighted by atomic mass is 19.4. The van der Waals surface area contributed by atoms with Crippen LogP contribution < -0.4 is 10.2 Å². The Balaban J connectivity index is 1.56. The highest BCUT2D eigenvalue weighted by Gasteiger charge is 2.37. The molecule has 4 rings (SSSR count). The zero-order valence-electron chi connectivity index (χ0n) is 13.8. The van der Waals surface area contributed by atoms with Crippen molar-refractivity contribution in [1.29, 1.82) is 0 Å². The third-order valence-corrected chi connectivity index (χ3v) is 4.39. The quantitative estimate of drug-likeness (QED) is 0.775. The molecule has 1 aliphatic heterocycles. The molecule has 6 nitrogen and oxygen atoms in total. The molecule has 1 aromatic carbocycles. The first-order chi connectivity index (χ1) is 12.5.